The Kier molecular flexibility index (Phi) is 7.50. The second-order valence-corrected chi connectivity index (χ2v) is 9.66. The number of piperidine rings is 1. The molecule has 0 aromatic heterocycles. The van der Waals surface area contributed by atoms with Crippen LogP contribution in [0, 0.1) is 12.8 Å². The maximum absolute atomic E-state index is 12.8. The summed E-state index contributed by atoms with van der Waals surface area (Å²) in [5.41, 5.74) is 2.05. The SMILES string of the molecule is CCOc1ccc(CNC(=O)CC2CCN(S(=O)(=O)c3ccc(C)cc3)CC2)cc1. The van der Waals surface area contributed by atoms with Gasteiger partial charge >= 0.3 is 0 Å². The monoisotopic (exact) mass is 430 g/mol. The van der Waals surface area contributed by atoms with E-state index in [1.807, 2.05) is 50.2 Å². The summed E-state index contributed by atoms with van der Waals surface area (Å²) in [6.45, 7) is 5.88. The van der Waals surface area contributed by atoms with Gasteiger partial charge in [0.2, 0.25) is 15.9 Å². The Morgan fingerprint density at radius 2 is 1.70 bits per heavy atom. The summed E-state index contributed by atoms with van der Waals surface area (Å²) in [6, 6.07) is 14.6. The first-order chi connectivity index (χ1) is 14.4. The standard InChI is InChI=1S/C23H30N2O4S/c1-3-29-21-8-6-20(7-9-21)17-24-23(26)16-19-12-14-25(15-13-19)30(27,28)22-10-4-18(2)5-11-22/h4-11,19H,3,12-17H2,1-2H3,(H,24,26). The van der Waals surface area contributed by atoms with Crippen molar-refractivity contribution >= 4 is 15.9 Å². The number of hydrogen-bond donors (Lipinski definition) is 1. The molecule has 1 aliphatic heterocycles. The minimum atomic E-state index is -3.46. The van der Waals surface area contributed by atoms with Crippen LogP contribution in [0.3, 0.4) is 0 Å². The fourth-order valence-corrected chi connectivity index (χ4v) is 5.09. The molecule has 2 aromatic carbocycles. The number of nitrogens with one attached hydrogen (secondary N) is 1. The summed E-state index contributed by atoms with van der Waals surface area (Å²) in [4.78, 5) is 12.7. The van der Waals surface area contributed by atoms with Crippen molar-refractivity contribution in [3.8, 4) is 5.75 Å². The summed E-state index contributed by atoms with van der Waals surface area (Å²) in [5, 5.41) is 2.96. The lowest BCUT2D eigenvalue weighted by atomic mass is 9.94. The van der Waals surface area contributed by atoms with Gasteiger partial charge in [0.1, 0.15) is 5.75 Å². The van der Waals surface area contributed by atoms with Crippen molar-refractivity contribution in [1.82, 2.24) is 9.62 Å². The molecule has 162 valence electrons. The topological polar surface area (TPSA) is 75.7 Å². The number of nitrogens with zero attached hydrogens (tertiary/aromatic N) is 1. The molecule has 1 saturated heterocycles. The molecule has 1 fully saturated rings. The molecule has 0 radical (unpaired) electrons. The van der Waals surface area contributed by atoms with E-state index in [0.717, 1.165) is 16.9 Å². The van der Waals surface area contributed by atoms with E-state index < -0.39 is 10.0 Å². The Bertz CT molecular complexity index is 932. The zero-order chi connectivity index (χ0) is 21.6. The van der Waals surface area contributed by atoms with Crippen molar-refractivity contribution in [2.75, 3.05) is 19.7 Å². The Morgan fingerprint density at radius 3 is 2.30 bits per heavy atom. The lowest BCUT2D eigenvalue weighted by molar-refractivity contribution is -0.122. The van der Waals surface area contributed by atoms with Gasteiger partial charge in [-0.15, -0.1) is 0 Å². The van der Waals surface area contributed by atoms with Gasteiger partial charge in [-0.1, -0.05) is 29.8 Å². The molecule has 0 spiro atoms. The number of carbonyl (C=O) groups excluding carboxylic acids is 1. The van der Waals surface area contributed by atoms with Crippen molar-refractivity contribution < 1.29 is 17.9 Å². The van der Waals surface area contributed by atoms with Crippen molar-refractivity contribution in [3.05, 3.63) is 59.7 Å². The van der Waals surface area contributed by atoms with Crippen LogP contribution in [0.4, 0.5) is 0 Å². The van der Waals surface area contributed by atoms with Crippen molar-refractivity contribution in [2.45, 2.75) is 44.6 Å². The number of rotatable bonds is 8. The summed E-state index contributed by atoms with van der Waals surface area (Å²) >= 11 is 0. The van der Waals surface area contributed by atoms with Crippen LogP contribution in [-0.4, -0.2) is 38.3 Å². The first-order valence-electron chi connectivity index (χ1n) is 10.4. The number of hydrogen-bond acceptors (Lipinski definition) is 4. The van der Waals surface area contributed by atoms with E-state index in [1.54, 1.807) is 12.1 Å². The normalized spacial score (nSPS) is 15.7. The molecule has 0 aliphatic carbocycles. The summed E-state index contributed by atoms with van der Waals surface area (Å²) < 4.78 is 32.5. The Labute approximate surface area is 179 Å². The van der Waals surface area contributed by atoms with E-state index in [2.05, 4.69) is 5.32 Å². The van der Waals surface area contributed by atoms with E-state index in [4.69, 9.17) is 4.74 Å². The summed E-state index contributed by atoms with van der Waals surface area (Å²) in [5.74, 6) is 1.03. The van der Waals surface area contributed by atoms with Gasteiger partial charge in [-0.2, -0.15) is 4.31 Å². The van der Waals surface area contributed by atoms with Crippen LogP contribution in [0.2, 0.25) is 0 Å². The molecule has 1 N–H and O–H groups in total. The van der Waals surface area contributed by atoms with Gasteiger partial charge in [0.15, 0.2) is 0 Å². The fourth-order valence-electron chi connectivity index (χ4n) is 3.62. The van der Waals surface area contributed by atoms with Crippen LogP contribution >= 0.6 is 0 Å². The minimum Gasteiger partial charge on any atom is -0.494 e. The number of carbonyl (C=O) groups is 1. The molecule has 0 saturated carbocycles. The Balaban J connectivity index is 1.44. The van der Waals surface area contributed by atoms with Crippen molar-refractivity contribution in [1.29, 1.82) is 0 Å². The number of benzene rings is 2. The van der Waals surface area contributed by atoms with Gasteiger partial charge in [0.25, 0.3) is 0 Å². The maximum Gasteiger partial charge on any atom is 0.243 e. The molecule has 30 heavy (non-hydrogen) atoms. The predicted octanol–water partition coefficient (Wildman–Crippen LogP) is 3.50. The Hall–Kier alpha value is -2.38. The van der Waals surface area contributed by atoms with Gasteiger partial charge in [-0.3, -0.25) is 4.79 Å². The molecule has 3 rings (SSSR count). The van der Waals surface area contributed by atoms with Crippen LogP contribution in [0.25, 0.3) is 0 Å². The average Bonchev–Trinajstić information content (AvgIpc) is 2.74. The molecule has 2 aromatic rings. The fraction of sp³-hybridized carbons (Fsp3) is 0.435. The largest absolute Gasteiger partial charge is 0.494 e. The molecule has 6 nitrogen and oxygen atoms in total. The highest BCUT2D eigenvalue weighted by atomic mass is 32.2. The summed E-state index contributed by atoms with van der Waals surface area (Å²) in [7, 11) is -3.46. The highest BCUT2D eigenvalue weighted by Crippen LogP contribution is 2.26. The van der Waals surface area contributed by atoms with Crippen molar-refractivity contribution in [3.63, 3.8) is 0 Å². The van der Waals surface area contributed by atoms with E-state index in [9.17, 15) is 13.2 Å². The highest BCUT2D eigenvalue weighted by molar-refractivity contribution is 7.89. The average molecular weight is 431 g/mol. The highest BCUT2D eigenvalue weighted by Gasteiger charge is 2.30. The third-order valence-corrected chi connectivity index (χ3v) is 7.34. The zero-order valence-corrected chi connectivity index (χ0v) is 18.5. The lowest BCUT2D eigenvalue weighted by Crippen LogP contribution is -2.39. The molecule has 1 amide bonds. The van der Waals surface area contributed by atoms with Gasteiger partial charge in [-0.05, 0) is 62.4 Å². The lowest BCUT2D eigenvalue weighted by Gasteiger charge is -2.31. The molecular formula is C23H30N2O4S. The van der Waals surface area contributed by atoms with Crippen LogP contribution in [0.5, 0.6) is 5.75 Å². The number of amides is 1. The number of ether oxygens (including phenoxy) is 1. The van der Waals surface area contributed by atoms with Gasteiger partial charge in [0.05, 0.1) is 11.5 Å². The number of aryl methyl sites for hydroxylation is 1. The second-order valence-electron chi connectivity index (χ2n) is 7.72. The smallest absolute Gasteiger partial charge is 0.243 e. The first kappa shape index (κ1) is 22.3. The van der Waals surface area contributed by atoms with Gasteiger partial charge < -0.3 is 10.1 Å². The zero-order valence-electron chi connectivity index (χ0n) is 17.6. The quantitative estimate of drug-likeness (QED) is 0.695. The van der Waals surface area contributed by atoms with Crippen LogP contribution in [0.15, 0.2) is 53.4 Å². The van der Waals surface area contributed by atoms with E-state index in [1.165, 1.54) is 4.31 Å². The van der Waals surface area contributed by atoms with E-state index in [0.29, 0.717) is 50.4 Å². The van der Waals surface area contributed by atoms with Crippen LogP contribution < -0.4 is 10.1 Å². The molecule has 7 heteroatoms. The van der Waals surface area contributed by atoms with Crippen LogP contribution in [-0.2, 0) is 21.4 Å². The number of sulfonamides is 1. The first-order valence-corrected chi connectivity index (χ1v) is 11.9. The molecule has 1 heterocycles. The molecule has 1 aliphatic rings. The molecule has 0 unspecified atom stereocenters. The minimum absolute atomic E-state index is 0.00345. The van der Waals surface area contributed by atoms with E-state index >= 15 is 0 Å². The third-order valence-electron chi connectivity index (χ3n) is 5.43. The predicted molar refractivity (Wildman–Crippen MR) is 117 cm³/mol. The van der Waals surface area contributed by atoms with Gasteiger partial charge in [0, 0.05) is 26.1 Å². The molecule has 0 atom stereocenters. The van der Waals surface area contributed by atoms with E-state index in [-0.39, 0.29) is 11.8 Å². The summed E-state index contributed by atoms with van der Waals surface area (Å²) in [6.07, 6.45) is 1.82. The van der Waals surface area contributed by atoms with Gasteiger partial charge in [-0.25, -0.2) is 8.42 Å². The molecular weight excluding hydrogens is 400 g/mol. The second kappa shape index (κ2) is 10.1. The third kappa shape index (κ3) is 5.83. The molecule has 0 bridgehead atoms. The van der Waals surface area contributed by atoms with Crippen LogP contribution in [0.1, 0.15) is 37.3 Å². The Morgan fingerprint density at radius 1 is 1.07 bits per heavy atom. The maximum atomic E-state index is 12.8. The van der Waals surface area contributed by atoms with Crippen molar-refractivity contribution in [2.24, 2.45) is 5.92 Å².